The lowest BCUT2D eigenvalue weighted by molar-refractivity contribution is -0.200. The number of hydrogen-bond donors (Lipinski definition) is 1. The average Bonchev–Trinajstić information content (AvgIpc) is 2.66. The van der Waals surface area contributed by atoms with Crippen molar-refractivity contribution in [2.24, 2.45) is 39.9 Å². The van der Waals surface area contributed by atoms with E-state index in [1.807, 2.05) is 0 Å². The molecule has 5 fully saturated rings. The Hall–Kier alpha value is -0.890. The van der Waals surface area contributed by atoms with Crippen LogP contribution in [-0.2, 0) is 4.79 Å². The minimum absolute atomic E-state index is 0.00149. The quantitative estimate of drug-likeness (QED) is 0.743. The molecule has 5 rings (SSSR count). The van der Waals surface area contributed by atoms with Crippen LogP contribution in [0.25, 0.3) is 0 Å². The lowest BCUT2D eigenvalue weighted by Gasteiger charge is -2.70. The maximum Gasteiger partial charge on any atom is 0.149 e. The highest BCUT2D eigenvalue weighted by Gasteiger charge is 2.71. The number of Topliss-reactive ketones (excluding diaryl/α,β-unsaturated/α-hetero) is 1. The molecule has 0 amide bonds. The summed E-state index contributed by atoms with van der Waals surface area (Å²) in [6, 6.07) is 0. The molecule has 0 heterocycles. The Labute approximate surface area is 159 Å². The molecule has 144 valence electrons. The molecule has 0 aromatic carbocycles. The van der Waals surface area contributed by atoms with Gasteiger partial charge >= 0.3 is 0 Å². The second-order valence-corrected chi connectivity index (χ2v) is 10.1. The van der Waals surface area contributed by atoms with Crippen LogP contribution < -0.4 is 0 Å². The first-order valence-electron chi connectivity index (χ1n) is 10.9. The van der Waals surface area contributed by atoms with Gasteiger partial charge < -0.3 is 5.11 Å². The summed E-state index contributed by atoms with van der Waals surface area (Å²) in [6.07, 6.45) is 9.01. The minimum atomic E-state index is -0.433. The number of carbonyl (C=O) groups is 1. The van der Waals surface area contributed by atoms with Crippen LogP contribution in [0.4, 0.5) is 0 Å². The van der Waals surface area contributed by atoms with Crippen LogP contribution in [-0.4, -0.2) is 17.5 Å². The van der Waals surface area contributed by atoms with Gasteiger partial charge in [0, 0.05) is 5.92 Å². The van der Waals surface area contributed by atoms with E-state index in [0.29, 0.717) is 23.5 Å². The monoisotopic (exact) mass is 356 g/mol. The molecule has 0 aliphatic heterocycles. The van der Waals surface area contributed by atoms with Gasteiger partial charge in [-0.05, 0) is 78.3 Å². The van der Waals surface area contributed by atoms with Gasteiger partial charge in [0.1, 0.15) is 5.78 Å². The smallest absolute Gasteiger partial charge is 0.149 e. The number of ketones is 1. The molecule has 7 atom stereocenters. The average molecular weight is 357 g/mol. The first-order valence-corrected chi connectivity index (χ1v) is 10.9. The third kappa shape index (κ3) is 1.90. The topological polar surface area (TPSA) is 37.3 Å². The van der Waals surface area contributed by atoms with Crippen molar-refractivity contribution in [2.45, 2.75) is 72.1 Å². The molecule has 5 aliphatic carbocycles. The summed E-state index contributed by atoms with van der Waals surface area (Å²) >= 11 is 0. The number of carbonyl (C=O) groups excluding carboxylic acids is 1. The van der Waals surface area contributed by atoms with Gasteiger partial charge in [-0.25, -0.2) is 0 Å². The van der Waals surface area contributed by atoms with Crippen molar-refractivity contribution < 1.29 is 9.90 Å². The molecule has 2 nitrogen and oxygen atoms in total. The Morgan fingerprint density at radius 2 is 1.88 bits per heavy atom. The molecular weight excluding hydrogens is 320 g/mol. The number of rotatable bonds is 3. The normalized spacial score (nSPS) is 50.5. The van der Waals surface area contributed by atoms with Crippen LogP contribution in [0.1, 0.15) is 72.1 Å². The van der Waals surface area contributed by atoms with E-state index in [2.05, 4.69) is 33.9 Å². The van der Waals surface area contributed by atoms with Crippen molar-refractivity contribution in [1.82, 2.24) is 0 Å². The van der Waals surface area contributed by atoms with Crippen molar-refractivity contribution in [3.63, 3.8) is 0 Å². The molecule has 0 radical (unpaired) electrons. The molecule has 1 N–H and O–H groups in total. The molecule has 5 saturated carbocycles. The van der Waals surface area contributed by atoms with E-state index < -0.39 is 5.41 Å². The Morgan fingerprint density at radius 1 is 1.15 bits per heavy atom. The fourth-order valence-electron chi connectivity index (χ4n) is 8.37. The lowest BCUT2D eigenvalue weighted by atomic mass is 9.33. The van der Waals surface area contributed by atoms with Gasteiger partial charge in [-0.1, -0.05) is 46.8 Å². The Balaban J connectivity index is 1.94. The summed E-state index contributed by atoms with van der Waals surface area (Å²) in [5.74, 6) is 1.32. The highest BCUT2D eigenvalue weighted by atomic mass is 16.3. The van der Waals surface area contributed by atoms with Crippen LogP contribution in [0, 0.1) is 39.9 Å². The highest BCUT2D eigenvalue weighted by molar-refractivity contribution is 5.94. The van der Waals surface area contributed by atoms with Crippen LogP contribution >= 0.6 is 0 Å². The fourth-order valence-corrected chi connectivity index (χ4v) is 8.37. The SMILES string of the molecule is C=C1C(=C)[C@]23CC[C@H]1CC2[C@]1(CC)CCC[C@@](C)(CC)C1C(CO)C3=O. The summed E-state index contributed by atoms with van der Waals surface area (Å²) in [7, 11) is 0. The van der Waals surface area contributed by atoms with Gasteiger partial charge in [-0.15, -0.1) is 0 Å². The number of hydrogen-bond acceptors (Lipinski definition) is 2. The molecule has 26 heavy (non-hydrogen) atoms. The highest BCUT2D eigenvalue weighted by Crippen LogP contribution is 2.74. The predicted molar refractivity (Wildman–Crippen MR) is 106 cm³/mol. The van der Waals surface area contributed by atoms with Crippen LogP contribution in [0.2, 0.25) is 0 Å². The van der Waals surface area contributed by atoms with E-state index in [-0.39, 0.29) is 23.4 Å². The maximum atomic E-state index is 14.0. The van der Waals surface area contributed by atoms with E-state index >= 15 is 0 Å². The fraction of sp³-hybridized carbons (Fsp3) is 0.792. The third-order valence-electron chi connectivity index (χ3n) is 9.72. The molecule has 3 unspecified atom stereocenters. The van der Waals surface area contributed by atoms with Crippen LogP contribution in [0.15, 0.2) is 24.3 Å². The van der Waals surface area contributed by atoms with Crippen molar-refractivity contribution >= 4 is 5.78 Å². The molecule has 1 spiro atoms. The van der Waals surface area contributed by atoms with Gasteiger partial charge in [0.05, 0.1) is 12.0 Å². The second kappa shape index (κ2) is 5.80. The van der Waals surface area contributed by atoms with Crippen LogP contribution in [0.5, 0.6) is 0 Å². The third-order valence-corrected chi connectivity index (χ3v) is 9.72. The van der Waals surface area contributed by atoms with Gasteiger partial charge in [0.2, 0.25) is 0 Å². The van der Waals surface area contributed by atoms with Crippen molar-refractivity contribution in [1.29, 1.82) is 0 Å². The number of fused-ring (bicyclic) bond motifs is 3. The predicted octanol–water partition coefficient (Wildman–Crippen LogP) is 5.32. The number of aliphatic hydroxyl groups is 1. The zero-order valence-corrected chi connectivity index (χ0v) is 16.9. The Morgan fingerprint density at radius 3 is 2.50 bits per heavy atom. The van der Waals surface area contributed by atoms with E-state index in [1.54, 1.807) is 0 Å². The van der Waals surface area contributed by atoms with Crippen molar-refractivity contribution in [2.75, 3.05) is 6.61 Å². The molecule has 0 aromatic heterocycles. The standard InChI is InChI=1S/C24H36O2/c1-6-22(5)10-8-11-23(7-2)19-13-17-9-12-24(19,16(4)15(17)3)21(26)18(14-25)20(22)23/h17-20,25H,3-4,6-14H2,1-2,5H3/t17-,18?,19?,20?,22+,23-,24+/m0/s1. The maximum absolute atomic E-state index is 14.0. The summed E-state index contributed by atoms with van der Waals surface area (Å²) in [5.41, 5.74) is 2.07. The van der Waals surface area contributed by atoms with Gasteiger partial charge in [0.15, 0.2) is 0 Å². The van der Waals surface area contributed by atoms with Crippen molar-refractivity contribution in [3.05, 3.63) is 24.3 Å². The largest absolute Gasteiger partial charge is 0.396 e. The van der Waals surface area contributed by atoms with Crippen molar-refractivity contribution in [3.8, 4) is 0 Å². The second-order valence-electron chi connectivity index (χ2n) is 10.1. The summed E-state index contributed by atoms with van der Waals surface area (Å²) in [6.45, 7) is 15.8. The summed E-state index contributed by atoms with van der Waals surface area (Å²) in [4.78, 5) is 14.0. The molecule has 5 aliphatic rings. The lowest BCUT2D eigenvalue weighted by Crippen LogP contribution is -2.68. The van der Waals surface area contributed by atoms with Gasteiger partial charge in [-0.3, -0.25) is 4.79 Å². The van der Waals surface area contributed by atoms with Crippen LogP contribution in [0.3, 0.4) is 0 Å². The van der Waals surface area contributed by atoms with Gasteiger partial charge in [-0.2, -0.15) is 0 Å². The Bertz CT molecular complexity index is 663. The van der Waals surface area contributed by atoms with E-state index in [9.17, 15) is 9.90 Å². The van der Waals surface area contributed by atoms with E-state index in [1.165, 1.54) is 19.3 Å². The molecule has 2 heteroatoms. The summed E-state index contributed by atoms with van der Waals surface area (Å²) < 4.78 is 0. The molecular formula is C24H36O2. The van der Waals surface area contributed by atoms with E-state index in [0.717, 1.165) is 43.3 Å². The molecule has 2 bridgehead atoms. The first kappa shape index (κ1) is 18.5. The number of aliphatic hydroxyl groups excluding tert-OH is 1. The number of allylic oxidation sites excluding steroid dienone is 2. The Kier molecular flexibility index (Phi) is 4.12. The zero-order chi connectivity index (χ0) is 18.9. The van der Waals surface area contributed by atoms with Gasteiger partial charge in [0.25, 0.3) is 0 Å². The zero-order valence-electron chi connectivity index (χ0n) is 16.9. The minimum Gasteiger partial charge on any atom is -0.396 e. The first-order chi connectivity index (χ1) is 12.3. The summed E-state index contributed by atoms with van der Waals surface area (Å²) in [5, 5.41) is 10.4. The van der Waals surface area contributed by atoms with E-state index in [4.69, 9.17) is 0 Å². The molecule has 0 saturated heterocycles. The molecule has 0 aromatic rings.